The quantitative estimate of drug-likeness (QED) is 0.683. The topological polar surface area (TPSA) is 90.2 Å². The van der Waals surface area contributed by atoms with Crippen LogP contribution in [0.4, 0.5) is 11.6 Å². The molecule has 0 aliphatic carbocycles. The summed E-state index contributed by atoms with van der Waals surface area (Å²) >= 11 is 12.0. The number of anilines is 1. The SMILES string of the molecule is CCn1c(N2CC[C@@H](N)C2)nc2c([N+](=O)[O-])c(Cl)c(Cl)cc21. The van der Waals surface area contributed by atoms with Gasteiger partial charge in [-0.3, -0.25) is 10.1 Å². The maximum absolute atomic E-state index is 11.3. The number of imidazole rings is 1. The van der Waals surface area contributed by atoms with E-state index in [-0.39, 0.29) is 27.3 Å². The first-order valence-corrected chi connectivity index (χ1v) is 7.72. The van der Waals surface area contributed by atoms with Crippen LogP contribution in [0.15, 0.2) is 6.07 Å². The van der Waals surface area contributed by atoms with Crippen LogP contribution in [0.25, 0.3) is 11.0 Å². The average Bonchev–Trinajstić information content (AvgIpc) is 3.02. The smallest absolute Gasteiger partial charge is 0.317 e. The van der Waals surface area contributed by atoms with Crippen LogP contribution in [0.3, 0.4) is 0 Å². The van der Waals surface area contributed by atoms with Gasteiger partial charge < -0.3 is 15.2 Å². The van der Waals surface area contributed by atoms with Gasteiger partial charge in [0.2, 0.25) is 5.95 Å². The van der Waals surface area contributed by atoms with E-state index < -0.39 is 4.92 Å². The van der Waals surface area contributed by atoms with Crippen molar-refractivity contribution >= 4 is 45.9 Å². The predicted molar refractivity (Wildman–Crippen MR) is 86.9 cm³/mol. The Morgan fingerprint density at radius 1 is 1.55 bits per heavy atom. The number of hydrogen-bond acceptors (Lipinski definition) is 5. The molecule has 22 heavy (non-hydrogen) atoms. The minimum absolute atomic E-state index is 0.0791. The molecule has 0 unspecified atom stereocenters. The third-order valence-corrected chi connectivity index (χ3v) is 4.68. The van der Waals surface area contributed by atoms with Gasteiger partial charge in [-0.25, -0.2) is 4.98 Å². The highest BCUT2D eigenvalue weighted by Gasteiger charge is 2.29. The highest BCUT2D eigenvalue weighted by Crippen LogP contribution is 2.40. The molecule has 9 heteroatoms. The molecule has 118 valence electrons. The number of aryl methyl sites for hydroxylation is 1. The highest BCUT2D eigenvalue weighted by molar-refractivity contribution is 6.44. The molecule has 2 N–H and O–H groups in total. The zero-order chi connectivity index (χ0) is 16.0. The van der Waals surface area contributed by atoms with Crippen LogP contribution in [0, 0.1) is 10.1 Å². The van der Waals surface area contributed by atoms with E-state index >= 15 is 0 Å². The molecule has 1 saturated heterocycles. The van der Waals surface area contributed by atoms with Crippen molar-refractivity contribution in [1.82, 2.24) is 9.55 Å². The lowest BCUT2D eigenvalue weighted by Gasteiger charge is -2.18. The second-order valence-electron chi connectivity index (χ2n) is 5.30. The van der Waals surface area contributed by atoms with Crippen molar-refractivity contribution in [2.75, 3.05) is 18.0 Å². The number of fused-ring (bicyclic) bond motifs is 1. The first-order chi connectivity index (χ1) is 10.4. The number of aromatic nitrogens is 2. The number of benzene rings is 1. The maximum atomic E-state index is 11.3. The van der Waals surface area contributed by atoms with E-state index in [0.29, 0.717) is 24.6 Å². The van der Waals surface area contributed by atoms with Gasteiger partial charge in [-0.1, -0.05) is 23.2 Å². The Balaban J connectivity index is 2.27. The molecule has 0 amide bonds. The molecule has 1 fully saturated rings. The zero-order valence-corrected chi connectivity index (χ0v) is 13.4. The lowest BCUT2D eigenvalue weighted by Crippen LogP contribution is -2.28. The van der Waals surface area contributed by atoms with Gasteiger partial charge in [0.15, 0.2) is 5.52 Å². The van der Waals surface area contributed by atoms with Crippen LogP contribution in [-0.4, -0.2) is 33.6 Å². The van der Waals surface area contributed by atoms with Crippen LogP contribution in [0.2, 0.25) is 10.0 Å². The largest absolute Gasteiger partial charge is 0.341 e. The van der Waals surface area contributed by atoms with Gasteiger partial charge in [0.25, 0.3) is 0 Å². The first kappa shape index (κ1) is 15.3. The van der Waals surface area contributed by atoms with E-state index in [2.05, 4.69) is 4.98 Å². The zero-order valence-electron chi connectivity index (χ0n) is 11.9. The summed E-state index contributed by atoms with van der Waals surface area (Å²) in [5.41, 5.74) is 6.57. The molecule has 2 heterocycles. The van der Waals surface area contributed by atoms with Crippen molar-refractivity contribution in [3.63, 3.8) is 0 Å². The lowest BCUT2D eigenvalue weighted by atomic mass is 10.2. The van der Waals surface area contributed by atoms with Crippen molar-refractivity contribution in [3.05, 3.63) is 26.2 Å². The Morgan fingerprint density at radius 3 is 2.82 bits per heavy atom. The summed E-state index contributed by atoms with van der Waals surface area (Å²) in [7, 11) is 0. The average molecular weight is 344 g/mol. The third kappa shape index (κ3) is 2.29. The Kier molecular flexibility index (Phi) is 3.88. The summed E-state index contributed by atoms with van der Waals surface area (Å²) in [6, 6.07) is 1.72. The van der Waals surface area contributed by atoms with Crippen molar-refractivity contribution in [2.24, 2.45) is 5.73 Å². The molecule has 1 aromatic carbocycles. The molecule has 0 saturated carbocycles. The predicted octanol–water partition coefficient (Wildman–Crippen LogP) is 2.81. The summed E-state index contributed by atoms with van der Waals surface area (Å²) in [4.78, 5) is 17.3. The number of rotatable bonds is 3. The minimum Gasteiger partial charge on any atom is -0.341 e. The first-order valence-electron chi connectivity index (χ1n) is 6.97. The summed E-state index contributed by atoms with van der Waals surface area (Å²) in [6.45, 7) is 4.03. The van der Waals surface area contributed by atoms with Gasteiger partial charge in [0.1, 0.15) is 5.02 Å². The Labute approximate surface area is 136 Å². The van der Waals surface area contributed by atoms with Gasteiger partial charge in [-0.15, -0.1) is 0 Å². The van der Waals surface area contributed by atoms with E-state index in [4.69, 9.17) is 28.9 Å². The molecule has 2 aromatic rings. The molecular weight excluding hydrogens is 329 g/mol. The number of nitrogens with zero attached hydrogens (tertiary/aromatic N) is 4. The normalized spacial score (nSPS) is 18.4. The summed E-state index contributed by atoms with van der Waals surface area (Å²) in [5.74, 6) is 0.673. The minimum atomic E-state index is -0.539. The Bertz CT molecular complexity index is 761. The van der Waals surface area contributed by atoms with Crippen molar-refractivity contribution in [1.29, 1.82) is 0 Å². The molecule has 1 aliphatic rings. The van der Waals surface area contributed by atoms with Gasteiger partial charge in [-0.2, -0.15) is 0 Å². The number of nitrogens with two attached hydrogens (primary N) is 1. The van der Waals surface area contributed by atoms with E-state index in [1.807, 2.05) is 16.4 Å². The molecule has 3 rings (SSSR count). The number of halogens is 2. The van der Waals surface area contributed by atoms with Gasteiger partial charge in [0.05, 0.1) is 15.5 Å². The maximum Gasteiger partial charge on any atom is 0.317 e. The van der Waals surface area contributed by atoms with Gasteiger partial charge in [0, 0.05) is 25.7 Å². The van der Waals surface area contributed by atoms with Crippen LogP contribution in [0.1, 0.15) is 13.3 Å². The second kappa shape index (κ2) is 5.57. The summed E-state index contributed by atoms with van der Waals surface area (Å²) in [5, 5.41) is 11.4. The van der Waals surface area contributed by atoms with Crippen molar-refractivity contribution < 1.29 is 4.92 Å². The molecule has 0 radical (unpaired) electrons. The second-order valence-corrected chi connectivity index (χ2v) is 6.08. The highest BCUT2D eigenvalue weighted by atomic mass is 35.5. The number of nitro groups is 1. The van der Waals surface area contributed by atoms with Crippen LogP contribution in [0.5, 0.6) is 0 Å². The molecule has 1 aromatic heterocycles. The summed E-state index contributed by atoms with van der Waals surface area (Å²) < 4.78 is 1.91. The van der Waals surface area contributed by atoms with Crippen LogP contribution in [-0.2, 0) is 6.54 Å². The van der Waals surface area contributed by atoms with Crippen LogP contribution < -0.4 is 10.6 Å². The molecule has 0 spiro atoms. The molecule has 0 bridgehead atoms. The van der Waals surface area contributed by atoms with Gasteiger partial charge in [-0.05, 0) is 19.4 Å². The van der Waals surface area contributed by atoms with Crippen LogP contribution >= 0.6 is 23.2 Å². The monoisotopic (exact) mass is 343 g/mol. The number of hydrogen-bond donors (Lipinski definition) is 1. The van der Waals surface area contributed by atoms with Gasteiger partial charge >= 0.3 is 5.69 Å². The Hall–Kier alpha value is -1.57. The van der Waals surface area contributed by atoms with Crippen molar-refractivity contribution in [3.8, 4) is 0 Å². The van der Waals surface area contributed by atoms with Crippen molar-refractivity contribution in [2.45, 2.75) is 25.9 Å². The van der Waals surface area contributed by atoms with E-state index in [1.54, 1.807) is 6.07 Å². The molecule has 7 nitrogen and oxygen atoms in total. The number of nitro benzene ring substituents is 1. The molecule has 1 aliphatic heterocycles. The fraction of sp³-hybridized carbons (Fsp3) is 0.462. The standard InChI is InChI=1S/C13H15Cl2N5O2/c1-2-19-9-5-8(14)10(15)12(20(21)22)11(9)17-13(19)18-4-3-7(16)6-18/h5,7H,2-4,6,16H2,1H3/t7-/m1/s1. The Morgan fingerprint density at radius 2 is 2.27 bits per heavy atom. The fourth-order valence-corrected chi connectivity index (χ4v) is 3.27. The van der Waals surface area contributed by atoms with E-state index in [1.165, 1.54) is 0 Å². The van der Waals surface area contributed by atoms with E-state index in [9.17, 15) is 10.1 Å². The van der Waals surface area contributed by atoms with E-state index in [0.717, 1.165) is 13.0 Å². The third-order valence-electron chi connectivity index (χ3n) is 3.90. The molecular formula is C13H15Cl2N5O2. The summed E-state index contributed by atoms with van der Waals surface area (Å²) in [6.07, 6.45) is 0.872. The molecule has 1 atom stereocenters. The fourth-order valence-electron chi connectivity index (χ4n) is 2.86. The lowest BCUT2D eigenvalue weighted by molar-refractivity contribution is -0.383.